The van der Waals surface area contributed by atoms with Crippen LogP contribution >= 0.6 is 0 Å². The molecule has 1 aliphatic rings. The van der Waals surface area contributed by atoms with Gasteiger partial charge in [0, 0.05) is 27.1 Å². The summed E-state index contributed by atoms with van der Waals surface area (Å²) in [5.41, 5.74) is 0. The summed E-state index contributed by atoms with van der Waals surface area (Å²) < 4.78 is 19.7. The van der Waals surface area contributed by atoms with Gasteiger partial charge in [0.2, 0.25) is 0 Å². The SMILES string of the molecule is COC(=O)C[C@H]1CC(OC)(OC)[C@H]1C(=O)OC. The Morgan fingerprint density at radius 2 is 1.71 bits per heavy atom. The quantitative estimate of drug-likeness (QED) is 0.515. The first-order valence-electron chi connectivity index (χ1n) is 5.29. The van der Waals surface area contributed by atoms with Crippen molar-refractivity contribution in [3.05, 3.63) is 0 Å². The van der Waals surface area contributed by atoms with Crippen molar-refractivity contribution in [1.29, 1.82) is 0 Å². The van der Waals surface area contributed by atoms with E-state index in [2.05, 4.69) is 4.74 Å². The third kappa shape index (κ3) is 2.42. The lowest BCUT2D eigenvalue weighted by Gasteiger charge is -2.50. The third-order valence-corrected chi connectivity index (χ3v) is 3.29. The number of hydrogen-bond acceptors (Lipinski definition) is 6. The van der Waals surface area contributed by atoms with Crippen LogP contribution in [0, 0.1) is 11.8 Å². The molecule has 0 spiro atoms. The number of esters is 2. The molecule has 1 fully saturated rings. The highest BCUT2D eigenvalue weighted by Gasteiger charge is 2.60. The minimum atomic E-state index is -0.980. The molecule has 0 aromatic rings. The van der Waals surface area contributed by atoms with E-state index in [0.717, 1.165) is 0 Å². The molecule has 0 unspecified atom stereocenters. The highest BCUT2D eigenvalue weighted by Crippen LogP contribution is 2.49. The number of carbonyl (C=O) groups is 2. The summed E-state index contributed by atoms with van der Waals surface area (Å²) in [6, 6.07) is 0. The number of methoxy groups -OCH3 is 4. The van der Waals surface area contributed by atoms with E-state index in [1.807, 2.05) is 0 Å². The molecule has 6 heteroatoms. The first kappa shape index (κ1) is 13.9. The maximum absolute atomic E-state index is 11.7. The monoisotopic (exact) mass is 246 g/mol. The van der Waals surface area contributed by atoms with E-state index in [9.17, 15) is 9.59 Å². The zero-order chi connectivity index (χ0) is 13.1. The van der Waals surface area contributed by atoms with Gasteiger partial charge in [0.1, 0.15) is 5.92 Å². The smallest absolute Gasteiger partial charge is 0.314 e. The number of ether oxygens (including phenoxy) is 4. The van der Waals surface area contributed by atoms with Crippen LogP contribution in [-0.4, -0.2) is 46.2 Å². The first-order valence-corrected chi connectivity index (χ1v) is 5.29. The Kier molecular flexibility index (Phi) is 4.47. The topological polar surface area (TPSA) is 71.1 Å². The molecule has 0 heterocycles. The van der Waals surface area contributed by atoms with E-state index in [0.29, 0.717) is 6.42 Å². The normalized spacial score (nSPS) is 25.9. The summed E-state index contributed by atoms with van der Waals surface area (Å²) >= 11 is 0. The van der Waals surface area contributed by atoms with E-state index >= 15 is 0 Å². The molecule has 1 saturated carbocycles. The van der Waals surface area contributed by atoms with Crippen LogP contribution in [0.2, 0.25) is 0 Å². The molecule has 0 N–H and O–H groups in total. The van der Waals surface area contributed by atoms with Gasteiger partial charge in [-0.2, -0.15) is 0 Å². The first-order chi connectivity index (χ1) is 8.04. The molecule has 0 radical (unpaired) electrons. The van der Waals surface area contributed by atoms with Gasteiger partial charge in [-0.05, 0) is 5.92 Å². The summed E-state index contributed by atoms with van der Waals surface area (Å²) in [6.07, 6.45) is 0.625. The molecule has 98 valence electrons. The lowest BCUT2D eigenvalue weighted by atomic mass is 9.66. The molecule has 1 rings (SSSR count). The molecular weight excluding hydrogens is 228 g/mol. The summed E-state index contributed by atoms with van der Waals surface area (Å²) in [4.78, 5) is 22.9. The molecule has 17 heavy (non-hydrogen) atoms. The van der Waals surface area contributed by atoms with Crippen molar-refractivity contribution in [3.63, 3.8) is 0 Å². The Labute approximate surface area is 100 Å². The second kappa shape index (κ2) is 5.46. The fraction of sp³-hybridized carbons (Fsp3) is 0.818. The molecule has 1 aliphatic carbocycles. The van der Waals surface area contributed by atoms with Crippen molar-refractivity contribution in [3.8, 4) is 0 Å². The zero-order valence-corrected chi connectivity index (χ0v) is 10.5. The third-order valence-electron chi connectivity index (χ3n) is 3.29. The van der Waals surface area contributed by atoms with Crippen LogP contribution in [0.15, 0.2) is 0 Å². The van der Waals surface area contributed by atoms with Gasteiger partial charge in [-0.3, -0.25) is 9.59 Å². The van der Waals surface area contributed by atoms with Gasteiger partial charge in [0.05, 0.1) is 14.2 Å². The number of hydrogen-bond donors (Lipinski definition) is 0. The fourth-order valence-electron chi connectivity index (χ4n) is 2.30. The minimum Gasteiger partial charge on any atom is -0.469 e. The van der Waals surface area contributed by atoms with Gasteiger partial charge in [-0.15, -0.1) is 0 Å². The molecule has 0 aliphatic heterocycles. The van der Waals surface area contributed by atoms with Gasteiger partial charge in [-0.1, -0.05) is 0 Å². The fourth-order valence-corrected chi connectivity index (χ4v) is 2.30. The average Bonchev–Trinajstić information content (AvgIpc) is 2.33. The molecule has 6 nitrogen and oxygen atoms in total. The van der Waals surface area contributed by atoms with Crippen LogP contribution in [0.25, 0.3) is 0 Å². The Balaban J connectivity index is 2.77. The predicted octanol–water partition coefficient (Wildman–Crippen LogP) is 0.348. The van der Waals surface area contributed by atoms with Crippen molar-refractivity contribution >= 4 is 11.9 Å². The van der Waals surface area contributed by atoms with E-state index in [1.165, 1.54) is 28.4 Å². The Morgan fingerprint density at radius 3 is 2.12 bits per heavy atom. The highest BCUT2D eigenvalue weighted by molar-refractivity contribution is 5.77. The lowest BCUT2D eigenvalue weighted by Crippen LogP contribution is -2.60. The van der Waals surface area contributed by atoms with E-state index in [1.54, 1.807) is 0 Å². The molecule has 0 aromatic carbocycles. The van der Waals surface area contributed by atoms with Gasteiger partial charge in [-0.25, -0.2) is 0 Å². The lowest BCUT2D eigenvalue weighted by molar-refractivity contribution is -0.306. The maximum Gasteiger partial charge on any atom is 0.314 e. The van der Waals surface area contributed by atoms with Crippen LogP contribution in [-0.2, 0) is 28.5 Å². The number of carbonyl (C=O) groups excluding carboxylic acids is 2. The van der Waals surface area contributed by atoms with Gasteiger partial charge < -0.3 is 18.9 Å². The molecule has 0 aromatic heterocycles. The van der Waals surface area contributed by atoms with Crippen molar-refractivity contribution in [1.82, 2.24) is 0 Å². The average molecular weight is 246 g/mol. The molecule has 0 amide bonds. The van der Waals surface area contributed by atoms with Crippen molar-refractivity contribution in [2.45, 2.75) is 18.6 Å². The van der Waals surface area contributed by atoms with Crippen molar-refractivity contribution in [2.24, 2.45) is 11.8 Å². The Bertz CT molecular complexity index is 296. The van der Waals surface area contributed by atoms with Gasteiger partial charge >= 0.3 is 11.9 Å². The minimum absolute atomic E-state index is 0.157. The standard InChI is InChI=1S/C11H18O6/c1-14-8(12)5-7-6-11(16-3,17-4)9(7)10(13)15-2/h7,9H,5-6H2,1-4H3/t7-,9+/m0/s1. The van der Waals surface area contributed by atoms with Gasteiger partial charge in [0.25, 0.3) is 0 Å². The summed E-state index contributed by atoms with van der Waals surface area (Å²) in [7, 11) is 5.54. The Morgan fingerprint density at radius 1 is 1.12 bits per heavy atom. The number of rotatable bonds is 5. The van der Waals surface area contributed by atoms with Crippen molar-refractivity contribution < 1.29 is 28.5 Å². The summed E-state index contributed by atoms with van der Waals surface area (Å²) in [5, 5.41) is 0. The molecule has 2 atom stereocenters. The summed E-state index contributed by atoms with van der Waals surface area (Å²) in [6.45, 7) is 0. The summed E-state index contributed by atoms with van der Waals surface area (Å²) in [5.74, 6) is -2.54. The van der Waals surface area contributed by atoms with Crippen LogP contribution in [0.5, 0.6) is 0 Å². The van der Waals surface area contributed by atoms with Crippen LogP contribution in [0.1, 0.15) is 12.8 Å². The van der Waals surface area contributed by atoms with Gasteiger partial charge in [0.15, 0.2) is 5.79 Å². The predicted molar refractivity (Wildman–Crippen MR) is 57.0 cm³/mol. The molecular formula is C11H18O6. The second-order valence-corrected chi connectivity index (χ2v) is 3.97. The second-order valence-electron chi connectivity index (χ2n) is 3.97. The maximum atomic E-state index is 11.7. The highest BCUT2D eigenvalue weighted by atomic mass is 16.7. The van der Waals surface area contributed by atoms with Crippen LogP contribution in [0.4, 0.5) is 0 Å². The molecule has 0 saturated heterocycles. The Hall–Kier alpha value is -1.14. The van der Waals surface area contributed by atoms with Crippen molar-refractivity contribution in [2.75, 3.05) is 28.4 Å². The van der Waals surface area contributed by atoms with Crippen LogP contribution < -0.4 is 0 Å². The van der Waals surface area contributed by atoms with E-state index in [-0.39, 0.29) is 18.3 Å². The van der Waals surface area contributed by atoms with E-state index < -0.39 is 17.7 Å². The van der Waals surface area contributed by atoms with Crippen LogP contribution in [0.3, 0.4) is 0 Å². The largest absolute Gasteiger partial charge is 0.469 e. The molecule has 0 bridgehead atoms. The van der Waals surface area contributed by atoms with E-state index in [4.69, 9.17) is 14.2 Å². The zero-order valence-electron chi connectivity index (χ0n) is 10.5.